The molecule has 1 aliphatic rings. The van der Waals surface area contributed by atoms with E-state index in [1.54, 1.807) is 29.6 Å². The number of methoxy groups -OCH3 is 1. The molecule has 1 N–H and O–H groups in total. The Morgan fingerprint density at radius 3 is 2.52 bits per heavy atom. The Kier molecular flexibility index (Phi) is 8.31. The molecular formula is C23H30N2O5S. The molecule has 0 radical (unpaired) electrons. The fourth-order valence-electron chi connectivity index (χ4n) is 3.58. The van der Waals surface area contributed by atoms with Crippen LogP contribution >= 0.6 is 0 Å². The number of hydrogen-bond donors (Lipinski definition) is 1. The number of carbonyl (C=O) groups excluding carboxylic acids is 1. The van der Waals surface area contributed by atoms with Crippen LogP contribution in [-0.2, 0) is 21.2 Å². The largest absolute Gasteiger partial charge is 0.496 e. The number of carbonyl (C=O) groups is 1. The minimum absolute atomic E-state index is 0.122. The summed E-state index contributed by atoms with van der Waals surface area (Å²) in [5, 5.41) is 2.83. The van der Waals surface area contributed by atoms with Gasteiger partial charge in [-0.25, -0.2) is 8.42 Å². The maximum absolute atomic E-state index is 13.0. The van der Waals surface area contributed by atoms with Crippen LogP contribution in [0.25, 0.3) is 0 Å². The highest BCUT2D eigenvalue weighted by Gasteiger charge is 2.26. The van der Waals surface area contributed by atoms with Crippen molar-refractivity contribution in [3.63, 3.8) is 0 Å². The van der Waals surface area contributed by atoms with Crippen molar-refractivity contribution in [1.82, 2.24) is 9.62 Å². The Hall–Kier alpha value is -2.58. The molecule has 0 atom stereocenters. The fraction of sp³-hybridized carbons (Fsp3) is 0.435. The van der Waals surface area contributed by atoms with Gasteiger partial charge in [-0.15, -0.1) is 0 Å². The van der Waals surface area contributed by atoms with E-state index in [-0.39, 0.29) is 17.2 Å². The van der Waals surface area contributed by atoms with Crippen LogP contribution in [0.3, 0.4) is 0 Å². The highest BCUT2D eigenvalue weighted by molar-refractivity contribution is 7.89. The van der Waals surface area contributed by atoms with Crippen LogP contribution in [0.15, 0.2) is 53.4 Å². The summed E-state index contributed by atoms with van der Waals surface area (Å²) in [5.41, 5.74) is 0.705. The summed E-state index contributed by atoms with van der Waals surface area (Å²) in [7, 11) is -1.99. The van der Waals surface area contributed by atoms with E-state index < -0.39 is 10.0 Å². The topological polar surface area (TPSA) is 84.9 Å². The molecule has 0 aromatic heterocycles. The molecule has 1 fully saturated rings. The number of ether oxygens (including phenoxy) is 2. The zero-order chi connectivity index (χ0) is 22.1. The third-order valence-electron chi connectivity index (χ3n) is 5.26. The molecule has 168 valence electrons. The van der Waals surface area contributed by atoms with Gasteiger partial charge in [-0.1, -0.05) is 24.6 Å². The lowest BCUT2D eigenvalue weighted by Gasteiger charge is -2.26. The summed E-state index contributed by atoms with van der Waals surface area (Å²) in [6.45, 7) is 1.88. The molecule has 2 aromatic carbocycles. The SMILES string of the molecule is COc1ccc(S(=O)(=O)N2CCCCC2)cc1CCC(=O)NCCOc1ccccc1. The van der Waals surface area contributed by atoms with Gasteiger partial charge in [-0.2, -0.15) is 4.31 Å². The Bertz CT molecular complexity index is 957. The van der Waals surface area contributed by atoms with Gasteiger partial charge in [0.1, 0.15) is 18.1 Å². The molecule has 0 aliphatic carbocycles. The lowest BCUT2D eigenvalue weighted by molar-refractivity contribution is -0.121. The normalized spacial score (nSPS) is 14.7. The molecular weight excluding hydrogens is 416 g/mol. The molecule has 0 bridgehead atoms. The van der Waals surface area contributed by atoms with Crippen LogP contribution in [0.4, 0.5) is 0 Å². The maximum Gasteiger partial charge on any atom is 0.243 e. The van der Waals surface area contributed by atoms with E-state index in [1.165, 1.54) is 0 Å². The maximum atomic E-state index is 13.0. The predicted molar refractivity (Wildman–Crippen MR) is 119 cm³/mol. The quantitative estimate of drug-likeness (QED) is 0.567. The van der Waals surface area contributed by atoms with E-state index in [2.05, 4.69) is 5.32 Å². The lowest BCUT2D eigenvalue weighted by Crippen LogP contribution is -2.35. The van der Waals surface area contributed by atoms with E-state index >= 15 is 0 Å². The number of nitrogens with zero attached hydrogens (tertiary/aromatic N) is 1. The smallest absolute Gasteiger partial charge is 0.243 e. The number of benzene rings is 2. The molecule has 2 aromatic rings. The van der Waals surface area contributed by atoms with Gasteiger partial charge in [-0.05, 0) is 55.2 Å². The second-order valence-electron chi connectivity index (χ2n) is 7.45. The molecule has 0 spiro atoms. The number of sulfonamides is 1. The summed E-state index contributed by atoms with van der Waals surface area (Å²) < 4.78 is 38.4. The van der Waals surface area contributed by atoms with Crippen molar-refractivity contribution < 1.29 is 22.7 Å². The van der Waals surface area contributed by atoms with Crippen LogP contribution in [0.5, 0.6) is 11.5 Å². The van der Waals surface area contributed by atoms with Crippen molar-refractivity contribution in [2.75, 3.05) is 33.4 Å². The van der Waals surface area contributed by atoms with Gasteiger partial charge in [0.05, 0.1) is 18.6 Å². The van der Waals surface area contributed by atoms with Crippen molar-refractivity contribution in [3.8, 4) is 11.5 Å². The van der Waals surface area contributed by atoms with Crippen molar-refractivity contribution in [2.45, 2.75) is 37.0 Å². The van der Waals surface area contributed by atoms with Gasteiger partial charge in [0, 0.05) is 19.5 Å². The first-order chi connectivity index (χ1) is 15.0. The van der Waals surface area contributed by atoms with Crippen LogP contribution in [-0.4, -0.2) is 52.0 Å². The molecule has 31 heavy (non-hydrogen) atoms. The number of aryl methyl sites for hydroxylation is 1. The minimum atomic E-state index is -3.53. The summed E-state index contributed by atoms with van der Waals surface area (Å²) in [5.74, 6) is 1.22. The van der Waals surface area contributed by atoms with E-state index in [1.807, 2.05) is 30.3 Å². The summed E-state index contributed by atoms with van der Waals surface area (Å²) in [4.78, 5) is 12.5. The molecule has 0 unspecified atom stereocenters. The highest BCUT2D eigenvalue weighted by atomic mass is 32.2. The van der Waals surface area contributed by atoms with Crippen LogP contribution in [0.1, 0.15) is 31.2 Å². The molecule has 1 amide bonds. The van der Waals surface area contributed by atoms with Gasteiger partial charge in [0.2, 0.25) is 15.9 Å². The number of rotatable bonds is 10. The third kappa shape index (κ3) is 6.45. The van der Waals surface area contributed by atoms with Gasteiger partial charge in [0.15, 0.2) is 0 Å². The molecule has 8 heteroatoms. The van der Waals surface area contributed by atoms with Crippen LogP contribution < -0.4 is 14.8 Å². The van der Waals surface area contributed by atoms with Crippen molar-refractivity contribution in [2.24, 2.45) is 0 Å². The monoisotopic (exact) mass is 446 g/mol. The third-order valence-corrected chi connectivity index (χ3v) is 7.16. The van der Waals surface area contributed by atoms with E-state index in [0.717, 1.165) is 25.0 Å². The van der Waals surface area contributed by atoms with Crippen molar-refractivity contribution in [3.05, 3.63) is 54.1 Å². The van der Waals surface area contributed by atoms with Crippen molar-refractivity contribution in [1.29, 1.82) is 0 Å². The minimum Gasteiger partial charge on any atom is -0.496 e. The second-order valence-corrected chi connectivity index (χ2v) is 9.39. The van der Waals surface area contributed by atoms with Gasteiger partial charge >= 0.3 is 0 Å². The van der Waals surface area contributed by atoms with Gasteiger partial charge in [0.25, 0.3) is 0 Å². The predicted octanol–water partition coefficient (Wildman–Crippen LogP) is 3.00. The molecule has 3 rings (SSSR count). The second kappa shape index (κ2) is 11.2. The first kappa shape index (κ1) is 23.1. The molecule has 1 aliphatic heterocycles. The Balaban J connectivity index is 1.55. The first-order valence-electron chi connectivity index (χ1n) is 10.6. The average Bonchev–Trinajstić information content (AvgIpc) is 2.81. The Morgan fingerprint density at radius 2 is 1.81 bits per heavy atom. The van der Waals surface area contributed by atoms with E-state index in [9.17, 15) is 13.2 Å². The molecule has 0 saturated carbocycles. The Labute approximate surface area is 184 Å². The van der Waals surface area contributed by atoms with Crippen LogP contribution in [0.2, 0.25) is 0 Å². The number of para-hydroxylation sites is 1. The van der Waals surface area contributed by atoms with Crippen LogP contribution in [0, 0.1) is 0 Å². The zero-order valence-corrected chi connectivity index (χ0v) is 18.7. The molecule has 7 nitrogen and oxygen atoms in total. The fourth-order valence-corrected chi connectivity index (χ4v) is 5.15. The highest BCUT2D eigenvalue weighted by Crippen LogP contribution is 2.27. The van der Waals surface area contributed by atoms with Crippen molar-refractivity contribution >= 4 is 15.9 Å². The van der Waals surface area contributed by atoms with Gasteiger partial charge < -0.3 is 14.8 Å². The van der Waals surface area contributed by atoms with E-state index in [0.29, 0.717) is 44.0 Å². The first-order valence-corrected chi connectivity index (χ1v) is 12.1. The molecule has 1 heterocycles. The standard InChI is InChI=1S/C23H30N2O5S/c1-29-22-12-11-21(31(27,28)25-15-6-3-7-16-25)18-19(22)10-13-23(26)24-14-17-30-20-8-4-2-5-9-20/h2,4-5,8-9,11-12,18H,3,6-7,10,13-17H2,1H3,(H,24,26). The Morgan fingerprint density at radius 1 is 1.06 bits per heavy atom. The average molecular weight is 447 g/mol. The number of amides is 1. The number of nitrogens with one attached hydrogen (secondary N) is 1. The number of piperidine rings is 1. The number of hydrogen-bond acceptors (Lipinski definition) is 5. The summed E-state index contributed by atoms with van der Waals surface area (Å²) in [6.07, 6.45) is 3.45. The molecule has 1 saturated heterocycles. The lowest BCUT2D eigenvalue weighted by atomic mass is 10.1. The van der Waals surface area contributed by atoms with Gasteiger partial charge in [-0.3, -0.25) is 4.79 Å². The summed E-state index contributed by atoms with van der Waals surface area (Å²) >= 11 is 0. The van der Waals surface area contributed by atoms with E-state index in [4.69, 9.17) is 9.47 Å². The summed E-state index contributed by atoms with van der Waals surface area (Å²) in [6, 6.07) is 14.3. The zero-order valence-electron chi connectivity index (χ0n) is 17.9.